The highest BCUT2D eigenvalue weighted by Gasteiger charge is 2.13. The Kier molecular flexibility index (Phi) is 4.65. The lowest BCUT2D eigenvalue weighted by Gasteiger charge is -2.27. The van der Waals surface area contributed by atoms with Gasteiger partial charge in [-0.2, -0.15) is 5.10 Å². The van der Waals surface area contributed by atoms with Gasteiger partial charge in [0.1, 0.15) is 11.2 Å². The van der Waals surface area contributed by atoms with Gasteiger partial charge in [0.05, 0.1) is 29.8 Å². The van der Waals surface area contributed by atoms with Crippen molar-refractivity contribution in [1.82, 2.24) is 9.97 Å². The van der Waals surface area contributed by atoms with E-state index >= 15 is 0 Å². The maximum absolute atomic E-state index is 5.40. The smallest absolute Gasteiger partial charge is 0.158 e. The molecule has 1 aliphatic rings. The topological polar surface area (TPSA) is 62.6 Å². The Morgan fingerprint density at radius 3 is 2.88 bits per heavy atom. The summed E-state index contributed by atoms with van der Waals surface area (Å²) in [6, 6.07) is 4.24. The molecule has 6 nitrogen and oxygen atoms in total. The fourth-order valence-electron chi connectivity index (χ4n) is 2.79. The molecule has 0 radical (unpaired) electrons. The van der Waals surface area contributed by atoms with E-state index in [2.05, 4.69) is 51.4 Å². The third kappa shape index (κ3) is 3.37. The number of rotatable bonds is 4. The van der Waals surface area contributed by atoms with Crippen molar-refractivity contribution >= 4 is 49.9 Å². The molecular weight excluding hydrogens is 354 g/mol. The average molecular weight is 374 g/mol. The highest BCUT2D eigenvalue weighted by atomic mass is 32.1. The Morgan fingerprint density at radius 2 is 2.04 bits per heavy atom. The largest absolute Gasteiger partial charge is 0.378 e. The Labute approximate surface area is 154 Å². The predicted molar refractivity (Wildman–Crippen MR) is 105 cm³/mol. The van der Waals surface area contributed by atoms with E-state index in [4.69, 9.17) is 4.74 Å². The van der Waals surface area contributed by atoms with E-state index in [9.17, 15) is 0 Å². The van der Waals surface area contributed by atoms with Crippen LogP contribution in [0.15, 0.2) is 23.6 Å². The van der Waals surface area contributed by atoms with Crippen molar-refractivity contribution in [1.29, 1.82) is 0 Å². The van der Waals surface area contributed by atoms with Gasteiger partial charge >= 0.3 is 0 Å². The molecule has 0 aliphatic carbocycles. The number of anilines is 2. The molecule has 1 saturated heterocycles. The Bertz CT molecular complexity index is 911. The number of thiophene rings is 2. The fraction of sp³-hybridized carbons (Fsp3) is 0.353. The second-order valence-corrected chi connectivity index (χ2v) is 8.13. The van der Waals surface area contributed by atoms with Crippen LogP contribution in [-0.4, -0.2) is 42.5 Å². The van der Waals surface area contributed by atoms with Crippen molar-refractivity contribution in [3.8, 4) is 0 Å². The summed E-state index contributed by atoms with van der Waals surface area (Å²) in [5.41, 5.74) is 4.29. The number of nitrogens with zero attached hydrogens (tertiary/aromatic N) is 4. The van der Waals surface area contributed by atoms with Gasteiger partial charge in [0, 0.05) is 22.8 Å². The van der Waals surface area contributed by atoms with Gasteiger partial charge in [-0.15, -0.1) is 22.7 Å². The second-order valence-electron chi connectivity index (χ2n) is 5.83. The summed E-state index contributed by atoms with van der Waals surface area (Å²) in [6.07, 6.45) is 3.42. The quantitative estimate of drug-likeness (QED) is 0.559. The lowest BCUT2D eigenvalue weighted by Crippen LogP contribution is -2.35. The molecular formula is C17H19N5OS2. The lowest BCUT2D eigenvalue weighted by molar-refractivity contribution is 0.123. The molecule has 3 aromatic rings. The molecule has 0 saturated carbocycles. The van der Waals surface area contributed by atoms with E-state index in [1.54, 1.807) is 29.0 Å². The molecule has 0 aromatic carbocycles. The van der Waals surface area contributed by atoms with Crippen LogP contribution in [0.4, 0.5) is 10.8 Å². The van der Waals surface area contributed by atoms with E-state index < -0.39 is 0 Å². The first-order valence-electron chi connectivity index (χ1n) is 8.14. The number of nitrogens with one attached hydrogen (secondary N) is 1. The number of fused-ring (bicyclic) bond motifs is 1. The van der Waals surface area contributed by atoms with Crippen molar-refractivity contribution in [3.05, 3.63) is 33.8 Å². The van der Waals surface area contributed by atoms with Gasteiger partial charge in [0.15, 0.2) is 5.82 Å². The van der Waals surface area contributed by atoms with Crippen LogP contribution in [0.1, 0.15) is 15.3 Å². The standard InChI is InChI=1S/C17H19N5OS2/c1-11-12(2)24-17-15(11)16(18-10-19-17)21-20-9-13-3-4-14(25-13)22-5-7-23-8-6-22/h3-4,9-10H,5-8H2,1-2H3,(H,18,19,21). The van der Waals surface area contributed by atoms with Crippen LogP contribution in [0, 0.1) is 13.8 Å². The average Bonchev–Trinajstić information content (AvgIpc) is 3.22. The van der Waals surface area contributed by atoms with Gasteiger partial charge in [-0.05, 0) is 31.5 Å². The molecule has 0 bridgehead atoms. The second kappa shape index (κ2) is 7.07. The normalized spacial score (nSPS) is 15.4. The number of hydrogen-bond acceptors (Lipinski definition) is 8. The van der Waals surface area contributed by atoms with Gasteiger partial charge in [-0.3, -0.25) is 5.43 Å². The summed E-state index contributed by atoms with van der Waals surface area (Å²) in [5.74, 6) is 0.757. The van der Waals surface area contributed by atoms with Crippen LogP contribution in [0.25, 0.3) is 10.2 Å². The van der Waals surface area contributed by atoms with Crippen LogP contribution in [0.3, 0.4) is 0 Å². The zero-order chi connectivity index (χ0) is 17.2. The van der Waals surface area contributed by atoms with Crippen molar-refractivity contribution < 1.29 is 4.74 Å². The summed E-state index contributed by atoms with van der Waals surface area (Å²) in [6.45, 7) is 7.70. The number of hydrazone groups is 1. The summed E-state index contributed by atoms with van der Waals surface area (Å²) in [7, 11) is 0. The maximum Gasteiger partial charge on any atom is 0.158 e. The summed E-state index contributed by atoms with van der Waals surface area (Å²) in [5, 5.41) is 6.70. The number of morpholine rings is 1. The molecule has 0 unspecified atom stereocenters. The van der Waals surface area contributed by atoms with Crippen LogP contribution in [-0.2, 0) is 4.74 Å². The van der Waals surface area contributed by atoms with Crippen molar-refractivity contribution in [2.75, 3.05) is 36.6 Å². The number of aromatic nitrogens is 2. The fourth-order valence-corrected chi connectivity index (χ4v) is 4.72. The van der Waals surface area contributed by atoms with Crippen molar-refractivity contribution in [2.45, 2.75) is 13.8 Å². The summed E-state index contributed by atoms with van der Waals surface area (Å²) in [4.78, 5) is 14.4. The Morgan fingerprint density at radius 1 is 1.20 bits per heavy atom. The van der Waals surface area contributed by atoms with Crippen molar-refractivity contribution in [3.63, 3.8) is 0 Å². The number of hydrogen-bond donors (Lipinski definition) is 1. The van der Waals surface area contributed by atoms with Crippen LogP contribution in [0.2, 0.25) is 0 Å². The highest BCUT2D eigenvalue weighted by molar-refractivity contribution is 7.19. The molecule has 0 spiro atoms. The van der Waals surface area contributed by atoms with Gasteiger partial charge in [-0.25, -0.2) is 9.97 Å². The number of aryl methyl sites for hydroxylation is 2. The Balaban J connectivity index is 1.49. The van der Waals surface area contributed by atoms with Crippen LogP contribution >= 0.6 is 22.7 Å². The minimum absolute atomic E-state index is 0.757. The van der Waals surface area contributed by atoms with Gasteiger partial charge in [-0.1, -0.05) is 0 Å². The predicted octanol–water partition coefficient (Wildman–Crippen LogP) is 3.65. The molecule has 1 fully saturated rings. The summed E-state index contributed by atoms with van der Waals surface area (Å²) >= 11 is 3.42. The Hall–Kier alpha value is -2.03. The summed E-state index contributed by atoms with van der Waals surface area (Å²) < 4.78 is 5.40. The molecule has 4 heterocycles. The zero-order valence-corrected chi connectivity index (χ0v) is 15.8. The monoisotopic (exact) mass is 373 g/mol. The molecule has 4 rings (SSSR count). The van der Waals surface area contributed by atoms with E-state index in [0.717, 1.165) is 47.2 Å². The van der Waals surface area contributed by atoms with Gasteiger partial charge in [0.25, 0.3) is 0 Å². The van der Waals surface area contributed by atoms with E-state index in [0.29, 0.717) is 0 Å². The van der Waals surface area contributed by atoms with Crippen LogP contribution < -0.4 is 10.3 Å². The molecule has 1 N–H and O–H groups in total. The third-order valence-corrected chi connectivity index (χ3v) is 6.46. The van der Waals surface area contributed by atoms with Gasteiger partial charge < -0.3 is 9.64 Å². The van der Waals surface area contributed by atoms with Crippen molar-refractivity contribution in [2.24, 2.45) is 5.10 Å². The first-order valence-corrected chi connectivity index (χ1v) is 9.78. The molecule has 0 atom stereocenters. The van der Waals surface area contributed by atoms with Gasteiger partial charge in [0.2, 0.25) is 0 Å². The SMILES string of the molecule is Cc1sc2ncnc(NN=Cc3ccc(N4CCOCC4)s3)c2c1C. The van der Waals surface area contributed by atoms with E-state index in [1.807, 2.05) is 6.21 Å². The molecule has 1 aliphatic heterocycles. The van der Waals surface area contributed by atoms with Crippen LogP contribution in [0.5, 0.6) is 0 Å². The first-order chi connectivity index (χ1) is 12.2. The highest BCUT2D eigenvalue weighted by Crippen LogP contribution is 2.32. The first kappa shape index (κ1) is 16.4. The minimum atomic E-state index is 0.757. The number of ether oxygens (including phenoxy) is 1. The van der Waals surface area contributed by atoms with E-state index in [1.165, 1.54) is 15.4 Å². The molecule has 0 amide bonds. The molecule has 3 aromatic heterocycles. The molecule has 25 heavy (non-hydrogen) atoms. The molecule has 130 valence electrons. The zero-order valence-electron chi connectivity index (χ0n) is 14.2. The maximum atomic E-state index is 5.40. The molecule has 8 heteroatoms. The minimum Gasteiger partial charge on any atom is -0.378 e. The lowest BCUT2D eigenvalue weighted by atomic mass is 10.2. The van der Waals surface area contributed by atoms with E-state index in [-0.39, 0.29) is 0 Å². The third-order valence-electron chi connectivity index (χ3n) is 4.26.